The molecule has 8 aromatic carbocycles. The van der Waals surface area contributed by atoms with Crippen molar-refractivity contribution >= 4 is 49.6 Å². The molecule has 1 aromatic heterocycles. The largest absolute Gasteiger partial charge is 0.310 e. The molecule has 14 rings (SSSR count). The van der Waals surface area contributed by atoms with E-state index in [4.69, 9.17) is 0 Å². The maximum Gasteiger partial charge on any atom is 0.0541 e. The van der Waals surface area contributed by atoms with E-state index in [1.165, 1.54) is 104 Å². The molecule has 0 aliphatic heterocycles. The molecular weight excluding hydrogens is 701 g/mol. The van der Waals surface area contributed by atoms with Crippen LogP contribution in [-0.4, -0.2) is 4.57 Å². The van der Waals surface area contributed by atoms with Crippen LogP contribution in [-0.2, 0) is 5.41 Å². The van der Waals surface area contributed by atoms with Crippen LogP contribution in [0.2, 0.25) is 0 Å². The van der Waals surface area contributed by atoms with Gasteiger partial charge in [0.25, 0.3) is 0 Å². The molecule has 0 unspecified atom stereocenters. The van der Waals surface area contributed by atoms with Crippen molar-refractivity contribution in [3.8, 4) is 27.9 Å². The zero-order valence-electron chi connectivity index (χ0n) is 32.6. The summed E-state index contributed by atoms with van der Waals surface area (Å²) < 4.78 is 2.42. The van der Waals surface area contributed by atoms with Gasteiger partial charge < -0.3 is 9.47 Å². The average molecular weight is 745 g/mol. The van der Waals surface area contributed by atoms with Crippen molar-refractivity contribution in [1.29, 1.82) is 0 Å². The average Bonchev–Trinajstić information content (AvgIpc) is 3.76. The number of benzene rings is 8. The van der Waals surface area contributed by atoms with Crippen LogP contribution in [0.5, 0.6) is 0 Å². The molecule has 9 aromatic rings. The minimum Gasteiger partial charge on any atom is -0.310 e. The third kappa shape index (κ3) is 4.60. The van der Waals surface area contributed by atoms with Crippen molar-refractivity contribution in [3.63, 3.8) is 0 Å². The van der Waals surface area contributed by atoms with Gasteiger partial charge in [0.1, 0.15) is 0 Å². The summed E-state index contributed by atoms with van der Waals surface area (Å²) in [6.07, 6.45) is 7.00. The van der Waals surface area contributed by atoms with Gasteiger partial charge in [-0.15, -0.1) is 0 Å². The molecule has 278 valence electrons. The zero-order chi connectivity index (χ0) is 38.0. The Labute approximate surface area is 340 Å². The summed E-state index contributed by atoms with van der Waals surface area (Å²) in [4.78, 5) is 2.51. The number of hydrogen-bond acceptors (Lipinski definition) is 1. The first-order valence-corrected chi connectivity index (χ1v) is 21.4. The Morgan fingerprint density at radius 2 is 0.966 bits per heavy atom. The van der Waals surface area contributed by atoms with Crippen LogP contribution in [0.15, 0.2) is 182 Å². The van der Waals surface area contributed by atoms with Gasteiger partial charge in [-0.1, -0.05) is 115 Å². The van der Waals surface area contributed by atoms with Gasteiger partial charge in [-0.25, -0.2) is 0 Å². The van der Waals surface area contributed by atoms with E-state index in [-0.39, 0.29) is 5.41 Å². The molecular formula is C56H44N2. The van der Waals surface area contributed by atoms with Gasteiger partial charge in [0.15, 0.2) is 0 Å². The lowest BCUT2D eigenvalue weighted by Crippen LogP contribution is -2.55. The van der Waals surface area contributed by atoms with E-state index >= 15 is 0 Å². The predicted molar refractivity (Wildman–Crippen MR) is 242 cm³/mol. The van der Waals surface area contributed by atoms with Crippen molar-refractivity contribution in [1.82, 2.24) is 4.57 Å². The van der Waals surface area contributed by atoms with Crippen molar-refractivity contribution < 1.29 is 0 Å². The highest BCUT2D eigenvalue weighted by atomic mass is 15.1. The first-order chi connectivity index (χ1) is 28.7. The van der Waals surface area contributed by atoms with E-state index in [2.05, 4.69) is 191 Å². The van der Waals surface area contributed by atoms with E-state index < -0.39 is 0 Å². The third-order valence-electron chi connectivity index (χ3n) is 15.0. The summed E-state index contributed by atoms with van der Waals surface area (Å²) in [6.45, 7) is 0. The molecule has 4 fully saturated rings. The van der Waals surface area contributed by atoms with Crippen molar-refractivity contribution in [2.75, 3.05) is 4.90 Å². The van der Waals surface area contributed by atoms with E-state index in [9.17, 15) is 0 Å². The van der Waals surface area contributed by atoms with Gasteiger partial charge in [-0.3, -0.25) is 0 Å². The fourth-order valence-corrected chi connectivity index (χ4v) is 12.9. The number of fused-ring (bicyclic) bond motifs is 7. The highest BCUT2D eigenvalue weighted by Gasteiger charge is 2.61. The zero-order valence-corrected chi connectivity index (χ0v) is 32.6. The first kappa shape index (κ1) is 32.7. The molecule has 1 heterocycles. The number of rotatable bonds is 5. The smallest absolute Gasteiger partial charge is 0.0541 e. The van der Waals surface area contributed by atoms with Crippen LogP contribution in [0.25, 0.3) is 60.5 Å². The van der Waals surface area contributed by atoms with Gasteiger partial charge in [-0.2, -0.15) is 0 Å². The summed E-state index contributed by atoms with van der Waals surface area (Å²) in [6, 6.07) is 68.5. The summed E-state index contributed by atoms with van der Waals surface area (Å²) >= 11 is 0. The molecule has 2 nitrogen and oxygen atoms in total. The first-order valence-electron chi connectivity index (χ1n) is 21.4. The Bertz CT molecular complexity index is 2990. The second-order valence-electron chi connectivity index (χ2n) is 17.8. The molecule has 5 aliphatic rings. The third-order valence-corrected chi connectivity index (χ3v) is 15.0. The molecule has 58 heavy (non-hydrogen) atoms. The standard InChI is InChI=1S/C56H44N2/c1-2-10-40-34-41(18-17-38(40)9-1)39-19-21-44(22-20-39)57(45-23-25-46(26-24-45)58-54-15-7-4-12-50(54)51-13-5-8-16-55(51)58)47-27-28-49-48-11-3-6-14-52(48)56(53(49)35-47)42-30-36-29-37(32-42)33-43(56)31-36/h1-28,34-37,42-43H,29-33H2. The quantitative estimate of drug-likeness (QED) is 0.170. The lowest BCUT2D eigenvalue weighted by Gasteiger charge is -2.61. The molecule has 5 aliphatic carbocycles. The van der Waals surface area contributed by atoms with Gasteiger partial charge in [0.2, 0.25) is 0 Å². The van der Waals surface area contributed by atoms with E-state index in [0.717, 1.165) is 29.4 Å². The SMILES string of the molecule is c1ccc2c(c1)-c1ccc(N(c3ccc(-c4ccc5ccccc5c4)cc3)c3ccc(-n4c5ccccc5c5ccccc54)cc3)cc1C21C2CC3CC(C2)CC1C3. The maximum absolute atomic E-state index is 2.62. The fraction of sp³-hybridized carbons (Fsp3) is 0.179. The molecule has 4 bridgehead atoms. The Morgan fingerprint density at radius 1 is 0.414 bits per heavy atom. The lowest BCUT2D eigenvalue weighted by atomic mass is 9.43. The number of anilines is 3. The molecule has 1 spiro atoms. The number of para-hydroxylation sites is 2. The van der Waals surface area contributed by atoms with Gasteiger partial charge in [-0.05, 0) is 167 Å². The Hall–Kier alpha value is -6.38. The van der Waals surface area contributed by atoms with Crippen LogP contribution < -0.4 is 4.90 Å². The predicted octanol–water partition coefficient (Wildman–Crippen LogP) is 14.8. The highest BCUT2D eigenvalue weighted by Crippen LogP contribution is 2.69. The fourth-order valence-electron chi connectivity index (χ4n) is 12.9. The van der Waals surface area contributed by atoms with Crippen LogP contribution >= 0.6 is 0 Å². The minimum atomic E-state index is 0.112. The molecule has 4 saturated carbocycles. The van der Waals surface area contributed by atoms with Crippen LogP contribution in [0, 0.1) is 23.7 Å². The topological polar surface area (TPSA) is 8.17 Å². The minimum absolute atomic E-state index is 0.112. The van der Waals surface area contributed by atoms with Crippen molar-refractivity contribution in [2.24, 2.45) is 23.7 Å². The second-order valence-corrected chi connectivity index (χ2v) is 17.8. The molecule has 0 radical (unpaired) electrons. The Morgan fingerprint density at radius 3 is 1.67 bits per heavy atom. The maximum atomic E-state index is 2.62. The number of hydrogen-bond donors (Lipinski definition) is 0. The summed E-state index contributed by atoms with van der Waals surface area (Å²) in [5.74, 6) is 3.28. The summed E-state index contributed by atoms with van der Waals surface area (Å²) in [7, 11) is 0. The van der Waals surface area contributed by atoms with Gasteiger partial charge in [0, 0.05) is 38.9 Å². The van der Waals surface area contributed by atoms with E-state index in [1.54, 1.807) is 11.1 Å². The Balaban J connectivity index is 0.968. The molecule has 0 atom stereocenters. The molecule has 0 saturated heterocycles. The highest BCUT2D eigenvalue weighted by molar-refractivity contribution is 6.09. The molecule has 0 N–H and O–H groups in total. The second kappa shape index (κ2) is 12.3. The van der Waals surface area contributed by atoms with Crippen molar-refractivity contribution in [2.45, 2.75) is 37.5 Å². The Kier molecular flexibility index (Phi) is 6.94. The van der Waals surface area contributed by atoms with Gasteiger partial charge in [0.05, 0.1) is 11.0 Å². The van der Waals surface area contributed by atoms with Crippen LogP contribution in [0.3, 0.4) is 0 Å². The number of aromatic nitrogens is 1. The normalized spacial score (nSPS) is 22.6. The van der Waals surface area contributed by atoms with Crippen LogP contribution in [0.1, 0.15) is 43.2 Å². The van der Waals surface area contributed by atoms with E-state index in [0.29, 0.717) is 0 Å². The monoisotopic (exact) mass is 744 g/mol. The number of nitrogens with zero attached hydrogens (tertiary/aromatic N) is 2. The molecule has 0 amide bonds. The van der Waals surface area contributed by atoms with E-state index in [1.807, 2.05) is 0 Å². The van der Waals surface area contributed by atoms with Crippen molar-refractivity contribution in [3.05, 3.63) is 193 Å². The van der Waals surface area contributed by atoms with Gasteiger partial charge >= 0.3 is 0 Å². The lowest BCUT2D eigenvalue weighted by molar-refractivity contribution is -0.0399. The van der Waals surface area contributed by atoms with Crippen LogP contribution in [0.4, 0.5) is 17.1 Å². The summed E-state index contributed by atoms with van der Waals surface area (Å²) in [5.41, 5.74) is 15.9. The molecule has 2 heteroatoms. The summed E-state index contributed by atoms with van der Waals surface area (Å²) in [5, 5.41) is 5.11.